The summed E-state index contributed by atoms with van der Waals surface area (Å²) in [5.41, 5.74) is -3.06. The number of halogens is 3. The molecule has 0 fully saturated rings. The van der Waals surface area contributed by atoms with Crippen molar-refractivity contribution in [1.29, 1.82) is 0 Å². The molecule has 18 heavy (non-hydrogen) atoms. The summed E-state index contributed by atoms with van der Waals surface area (Å²) in [7, 11) is -4.35. The van der Waals surface area contributed by atoms with E-state index in [9.17, 15) is 26.4 Å². The van der Waals surface area contributed by atoms with Gasteiger partial charge in [0.15, 0.2) is 0 Å². The minimum absolute atomic E-state index is 0.0963. The SMILES string of the molecule is COC(=O)CCC=C=CCOS(=O)(=O)C(F)(F)F. The zero-order valence-corrected chi connectivity index (χ0v) is 10.2. The summed E-state index contributed by atoms with van der Waals surface area (Å²) in [4.78, 5) is 10.6. The molecule has 104 valence electrons. The van der Waals surface area contributed by atoms with Gasteiger partial charge in [0.05, 0.1) is 13.7 Å². The molecule has 0 aliphatic heterocycles. The Labute approximate surface area is 102 Å². The molecule has 0 aromatic rings. The number of carbonyl (C=O) groups is 1. The average molecular weight is 288 g/mol. The average Bonchev–Trinajstić information content (AvgIpc) is 2.25. The van der Waals surface area contributed by atoms with Crippen LogP contribution in [0.4, 0.5) is 13.2 Å². The summed E-state index contributed by atoms with van der Waals surface area (Å²) in [6.45, 7) is -0.781. The Kier molecular flexibility index (Phi) is 6.67. The van der Waals surface area contributed by atoms with Crippen LogP contribution in [0, 0.1) is 0 Å². The number of hydrogen-bond donors (Lipinski definition) is 0. The third-order valence-electron chi connectivity index (χ3n) is 1.55. The van der Waals surface area contributed by atoms with Crippen molar-refractivity contribution >= 4 is 16.1 Å². The second-order valence-corrected chi connectivity index (χ2v) is 4.48. The largest absolute Gasteiger partial charge is 0.523 e. The predicted molar refractivity (Wildman–Crippen MR) is 54.8 cm³/mol. The number of hydrogen-bond acceptors (Lipinski definition) is 5. The van der Waals surface area contributed by atoms with E-state index >= 15 is 0 Å². The van der Waals surface area contributed by atoms with Gasteiger partial charge < -0.3 is 4.74 Å². The van der Waals surface area contributed by atoms with Gasteiger partial charge in [0.25, 0.3) is 0 Å². The van der Waals surface area contributed by atoms with Crippen LogP contribution < -0.4 is 0 Å². The van der Waals surface area contributed by atoms with E-state index < -0.39 is 28.2 Å². The highest BCUT2D eigenvalue weighted by molar-refractivity contribution is 7.87. The van der Waals surface area contributed by atoms with Crippen molar-refractivity contribution in [2.24, 2.45) is 0 Å². The standard InChI is InChI=1S/C9H11F3O5S/c1-16-8(13)6-4-2-3-5-7-17-18(14,15)9(10,11)12/h2,5H,4,6-7H2,1H3. The first-order chi connectivity index (χ1) is 8.20. The Morgan fingerprint density at radius 3 is 2.44 bits per heavy atom. The topological polar surface area (TPSA) is 69.7 Å². The number of esters is 1. The minimum Gasteiger partial charge on any atom is -0.469 e. The molecule has 0 aromatic heterocycles. The molecule has 9 heteroatoms. The van der Waals surface area contributed by atoms with Crippen molar-refractivity contribution in [2.45, 2.75) is 18.3 Å². The Morgan fingerprint density at radius 1 is 1.33 bits per heavy atom. The lowest BCUT2D eigenvalue weighted by molar-refractivity contribution is -0.140. The van der Waals surface area contributed by atoms with E-state index in [1.807, 2.05) is 0 Å². The molecule has 0 bridgehead atoms. The summed E-state index contributed by atoms with van der Waals surface area (Å²) in [6, 6.07) is 0. The van der Waals surface area contributed by atoms with Gasteiger partial charge in [-0.2, -0.15) is 21.6 Å². The van der Waals surface area contributed by atoms with Crippen molar-refractivity contribution in [3.8, 4) is 0 Å². The van der Waals surface area contributed by atoms with Crippen molar-refractivity contribution < 1.29 is 35.3 Å². The summed E-state index contributed by atoms with van der Waals surface area (Å²) >= 11 is 0. The molecule has 0 aliphatic rings. The van der Waals surface area contributed by atoms with Gasteiger partial charge in [-0.25, -0.2) is 0 Å². The molecular weight excluding hydrogens is 277 g/mol. The molecule has 0 aromatic carbocycles. The van der Waals surface area contributed by atoms with Gasteiger partial charge in [0.2, 0.25) is 0 Å². The fraction of sp³-hybridized carbons (Fsp3) is 0.556. The van der Waals surface area contributed by atoms with Gasteiger partial charge in [-0.3, -0.25) is 8.98 Å². The van der Waals surface area contributed by atoms with Gasteiger partial charge in [0, 0.05) is 6.42 Å². The first-order valence-corrected chi connectivity index (χ1v) is 6.03. The Hall–Kier alpha value is -1.31. The molecule has 0 amide bonds. The first kappa shape index (κ1) is 16.7. The lowest BCUT2D eigenvalue weighted by atomic mass is 10.3. The summed E-state index contributed by atoms with van der Waals surface area (Å²) in [6.07, 6.45) is 2.68. The highest BCUT2D eigenvalue weighted by atomic mass is 32.2. The highest BCUT2D eigenvalue weighted by Crippen LogP contribution is 2.24. The van der Waals surface area contributed by atoms with Gasteiger partial charge >= 0.3 is 21.6 Å². The lowest BCUT2D eigenvalue weighted by Crippen LogP contribution is -2.25. The van der Waals surface area contributed by atoms with E-state index in [-0.39, 0.29) is 12.8 Å². The van der Waals surface area contributed by atoms with E-state index in [2.05, 4.69) is 14.7 Å². The van der Waals surface area contributed by atoms with Crippen LogP contribution in [-0.4, -0.2) is 33.6 Å². The van der Waals surface area contributed by atoms with Crippen LogP contribution in [-0.2, 0) is 23.8 Å². The maximum Gasteiger partial charge on any atom is 0.523 e. The van der Waals surface area contributed by atoms with Crippen molar-refractivity contribution in [2.75, 3.05) is 13.7 Å². The van der Waals surface area contributed by atoms with Crippen LogP contribution in [0.1, 0.15) is 12.8 Å². The minimum atomic E-state index is -5.57. The van der Waals surface area contributed by atoms with Crippen LogP contribution in [0.5, 0.6) is 0 Å². The van der Waals surface area contributed by atoms with Crippen LogP contribution in [0.15, 0.2) is 17.9 Å². The number of ether oxygens (including phenoxy) is 1. The fourth-order valence-electron chi connectivity index (χ4n) is 0.697. The van der Waals surface area contributed by atoms with E-state index in [1.165, 1.54) is 13.2 Å². The quantitative estimate of drug-likeness (QED) is 0.321. The van der Waals surface area contributed by atoms with Gasteiger partial charge in [-0.15, -0.1) is 5.73 Å². The second-order valence-electron chi connectivity index (χ2n) is 2.87. The molecule has 0 heterocycles. The Balaban J connectivity index is 4.06. The number of methoxy groups -OCH3 is 1. The molecule has 0 saturated carbocycles. The van der Waals surface area contributed by atoms with E-state index in [4.69, 9.17) is 0 Å². The highest BCUT2D eigenvalue weighted by Gasteiger charge is 2.47. The number of rotatable bonds is 6. The summed E-state index contributed by atoms with van der Waals surface area (Å²) in [5, 5.41) is 0. The zero-order valence-electron chi connectivity index (χ0n) is 9.36. The molecular formula is C9H11F3O5S. The van der Waals surface area contributed by atoms with Crippen molar-refractivity contribution in [1.82, 2.24) is 0 Å². The number of carbonyl (C=O) groups excluding carboxylic acids is 1. The first-order valence-electron chi connectivity index (χ1n) is 4.62. The second kappa shape index (κ2) is 7.20. The number of alkyl halides is 3. The monoisotopic (exact) mass is 288 g/mol. The summed E-state index contributed by atoms with van der Waals surface area (Å²) in [5.74, 6) is -0.441. The maximum absolute atomic E-state index is 11.8. The summed E-state index contributed by atoms with van der Waals surface area (Å²) < 4.78 is 64.2. The molecule has 0 rings (SSSR count). The van der Waals surface area contributed by atoms with Gasteiger partial charge in [0.1, 0.15) is 0 Å². The molecule has 0 radical (unpaired) electrons. The van der Waals surface area contributed by atoms with Crippen molar-refractivity contribution in [3.05, 3.63) is 17.9 Å². The third-order valence-corrected chi connectivity index (χ3v) is 2.56. The molecule has 0 saturated heterocycles. The Morgan fingerprint density at radius 2 is 1.94 bits per heavy atom. The normalized spacial score (nSPS) is 11.6. The molecule has 0 atom stereocenters. The van der Waals surface area contributed by atoms with Crippen molar-refractivity contribution in [3.63, 3.8) is 0 Å². The lowest BCUT2D eigenvalue weighted by Gasteiger charge is -2.05. The van der Waals surface area contributed by atoms with Crippen LogP contribution in [0.3, 0.4) is 0 Å². The van der Waals surface area contributed by atoms with E-state index in [0.717, 1.165) is 6.08 Å². The van der Waals surface area contributed by atoms with Gasteiger partial charge in [-0.1, -0.05) is 0 Å². The Bertz CT molecular complexity index is 432. The molecule has 0 aliphatic carbocycles. The molecule has 0 spiro atoms. The predicted octanol–water partition coefficient (Wildman–Crippen LogP) is 1.52. The third kappa shape index (κ3) is 6.43. The molecule has 5 nitrogen and oxygen atoms in total. The van der Waals surface area contributed by atoms with Crippen LogP contribution >= 0.6 is 0 Å². The fourth-order valence-corrected chi connectivity index (χ4v) is 1.08. The molecule has 0 unspecified atom stereocenters. The van der Waals surface area contributed by atoms with Gasteiger partial charge in [-0.05, 0) is 18.6 Å². The zero-order chi connectivity index (χ0) is 14.2. The smallest absolute Gasteiger partial charge is 0.469 e. The van der Waals surface area contributed by atoms with Crippen LogP contribution in [0.2, 0.25) is 0 Å². The molecule has 0 N–H and O–H groups in total. The maximum atomic E-state index is 11.8. The van der Waals surface area contributed by atoms with E-state index in [1.54, 1.807) is 0 Å². The van der Waals surface area contributed by atoms with Crippen LogP contribution in [0.25, 0.3) is 0 Å². The van der Waals surface area contributed by atoms with E-state index in [0.29, 0.717) is 0 Å².